The fourth-order valence-corrected chi connectivity index (χ4v) is 2.30. The summed E-state index contributed by atoms with van der Waals surface area (Å²) in [5.74, 6) is -2.13. The Morgan fingerprint density at radius 2 is 2.05 bits per heavy atom. The maximum absolute atomic E-state index is 14.0. The van der Waals surface area contributed by atoms with Crippen molar-refractivity contribution in [1.82, 2.24) is 10.2 Å². The van der Waals surface area contributed by atoms with Gasteiger partial charge in [-0.3, -0.25) is 4.79 Å². The second-order valence-electron chi connectivity index (χ2n) is 5.17. The van der Waals surface area contributed by atoms with Crippen molar-refractivity contribution in [2.45, 2.75) is 32.9 Å². The topological polar surface area (TPSA) is 32.3 Å². The van der Waals surface area contributed by atoms with Crippen molar-refractivity contribution in [3.63, 3.8) is 0 Å². The van der Waals surface area contributed by atoms with Gasteiger partial charge in [0.15, 0.2) is 0 Å². The first-order chi connectivity index (χ1) is 8.91. The van der Waals surface area contributed by atoms with Gasteiger partial charge in [0.25, 0.3) is 5.91 Å². The molecule has 104 valence electrons. The molecule has 1 saturated heterocycles. The van der Waals surface area contributed by atoms with Gasteiger partial charge in [-0.05, 0) is 32.4 Å². The Morgan fingerprint density at radius 1 is 1.37 bits per heavy atom. The van der Waals surface area contributed by atoms with Crippen LogP contribution in [0.1, 0.15) is 29.8 Å². The summed E-state index contributed by atoms with van der Waals surface area (Å²) in [6.45, 7) is 6.40. The minimum atomic E-state index is -0.800. The molecule has 0 saturated carbocycles. The van der Waals surface area contributed by atoms with E-state index < -0.39 is 23.1 Å². The number of hydrogen-bond donors (Lipinski definition) is 1. The molecule has 1 N–H and O–H groups in total. The van der Waals surface area contributed by atoms with E-state index in [0.29, 0.717) is 13.1 Å². The molecule has 0 bridgehead atoms. The Balaban J connectivity index is 2.36. The van der Waals surface area contributed by atoms with Gasteiger partial charge in [0.05, 0.1) is 0 Å². The molecule has 0 aliphatic carbocycles. The lowest BCUT2D eigenvalue weighted by Gasteiger charge is -2.37. The van der Waals surface area contributed by atoms with Crippen LogP contribution in [-0.4, -0.2) is 36.0 Å². The third-order valence-corrected chi connectivity index (χ3v) is 3.52. The molecule has 0 spiro atoms. The Labute approximate surface area is 111 Å². The number of halogens is 2. The van der Waals surface area contributed by atoms with Crippen molar-refractivity contribution in [3.8, 4) is 0 Å². The maximum atomic E-state index is 14.0. The number of carbonyl (C=O) groups excluding carboxylic acids is 1. The number of nitrogens with zero attached hydrogens (tertiary/aromatic N) is 1. The van der Waals surface area contributed by atoms with Crippen molar-refractivity contribution in [2.75, 3.05) is 13.1 Å². The van der Waals surface area contributed by atoms with E-state index in [2.05, 4.69) is 5.32 Å². The van der Waals surface area contributed by atoms with E-state index in [-0.39, 0.29) is 17.6 Å². The molecule has 2 rings (SSSR count). The number of nitrogens with one attached hydrogen (secondary N) is 1. The molecule has 1 fully saturated rings. The van der Waals surface area contributed by atoms with Gasteiger partial charge in [-0.2, -0.15) is 0 Å². The van der Waals surface area contributed by atoms with Gasteiger partial charge in [-0.25, -0.2) is 8.78 Å². The Morgan fingerprint density at radius 3 is 2.74 bits per heavy atom. The smallest absolute Gasteiger partial charge is 0.260 e. The summed E-state index contributed by atoms with van der Waals surface area (Å²) in [5, 5.41) is 3.23. The van der Waals surface area contributed by atoms with E-state index in [9.17, 15) is 13.6 Å². The van der Waals surface area contributed by atoms with Crippen LogP contribution in [0.4, 0.5) is 8.78 Å². The molecule has 19 heavy (non-hydrogen) atoms. The van der Waals surface area contributed by atoms with Crippen LogP contribution in [0.5, 0.6) is 0 Å². The van der Waals surface area contributed by atoms with Gasteiger partial charge in [-0.15, -0.1) is 0 Å². The predicted octanol–water partition coefficient (Wildman–Crippen LogP) is 2.10. The van der Waals surface area contributed by atoms with Crippen LogP contribution in [0.3, 0.4) is 0 Å². The number of aryl methyl sites for hydroxylation is 1. The molecule has 1 aromatic rings. The largest absolute Gasteiger partial charge is 0.333 e. The highest BCUT2D eigenvalue weighted by molar-refractivity contribution is 5.95. The van der Waals surface area contributed by atoms with E-state index in [4.69, 9.17) is 0 Å². The van der Waals surface area contributed by atoms with Crippen LogP contribution in [-0.2, 0) is 0 Å². The van der Waals surface area contributed by atoms with Crippen LogP contribution in [0.15, 0.2) is 12.1 Å². The average molecular weight is 268 g/mol. The monoisotopic (exact) mass is 268 g/mol. The third kappa shape index (κ3) is 2.61. The van der Waals surface area contributed by atoms with Gasteiger partial charge in [0.1, 0.15) is 17.2 Å². The summed E-state index contributed by atoms with van der Waals surface area (Å²) >= 11 is 0. The molecular formula is C14H18F2N2O. The zero-order valence-electron chi connectivity index (χ0n) is 11.3. The molecule has 1 aliphatic rings. The lowest BCUT2D eigenvalue weighted by atomic mass is 10.1. The fourth-order valence-electron chi connectivity index (χ4n) is 2.30. The van der Waals surface area contributed by atoms with Gasteiger partial charge in [-0.1, -0.05) is 6.07 Å². The Kier molecular flexibility index (Phi) is 3.85. The molecule has 1 aromatic carbocycles. The van der Waals surface area contributed by atoms with Crippen LogP contribution in [0.25, 0.3) is 0 Å². The highest BCUT2D eigenvalue weighted by Crippen LogP contribution is 2.20. The first-order valence-corrected chi connectivity index (χ1v) is 6.40. The zero-order chi connectivity index (χ0) is 14.2. The van der Waals surface area contributed by atoms with E-state index >= 15 is 0 Å². The summed E-state index contributed by atoms with van der Waals surface area (Å²) in [6.07, 6.45) is 0. The number of piperazine rings is 1. The highest BCUT2D eigenvalue weighted by Gasteiger charge is 2.31. The van der Waals surface area contributed by atoms with Crippen LogP contribution >= 0.6 is 0 Å². The van der Waals surface area contributed by atoms with Gasteiger partial charge in [0.2, 0.25) is 0 Å². The van der Waals surface area contributed by atoms with Crippen molar-refractivity contribution >= 4 is 5.91 Å². The van der Waals surface area contributed by atoms with Crippen molar-refractivity contribution in [2.24, 2.45) is 0 Å². The van der Waals surface area contributed by atoms with Crippen LogP contribution in [0.2, 0.25) is 0 Å². The van der Waals surface area contributed by atoms with Gasteiger partial charge in [0, 0.05) is 25.2 Å². The van der Waals surface area contributed by atoms with Gasteiger partial charge < -0.3 is 10.2 Å². The van der Waals surface area contributed by atoms with Gasteiger partial charge >= 0.3 is 0 Å². The quantitative estimate of drug-likeness (QED) is 0.846. The summed E-state index contributed by atoms with van der Waals surface area (Å²) in [5.41, 5.74) is -0.165. The van der Waals surface area contributed by atoms with Crippen molar-refractivity contribution in [1.29, 1.82) is 0 Å². The number of carbonyl (C=O) groups is 1. The highest BCUT2D eigenvalue weighted by atomic mass is 19.1. The number of rotatable bonds is 1. The first-order valence-electron chi connectivity index (χ1n) is 6.40. The number of benzene rings is 1. The standard InChI is InChI=1S/C14H18F2N2O/c1-8-4-5-11(15)12(13(8)16)14(19)18-7-9(2)17-6-10(18)3/h4-5,9-10,17H,6-7H2,1-3H3. The minimum absolute atomic E-state index is 0.0805. The second kappa shape index (κ2) is 5.25. The number of hydrogen-bond acceptors (Lipinski definition) is 2. The van der Waals surface area contributed by atoms with Crippen LogP contribution < -0.4 is 5.32 Å². The average Bonchev–Trinajstić information content (AvgIpc) is 2.37. The second-order valence-corrected chi connectivity index (χ2v) is 5.17. The van der Waals surface area contributed by atoms with E-state index in [0.717, 1.165) is 6.07 Å². The van der Waals surface area contributed by atoms with Crippen molar-refractivity contribution < 1.29 is 13.6 Å². The predicted molar refractivity (Wildman–Crippen MR) is 69.1 cm³/mol. The summed E-state index contributed by atoms with van der Waals surface area (Å²) in [7, 11) is 0. The molecule has 2 unspecified atom stereocenters. The summed E-state index contributed by atoms with van der Waals surface area (Å²) < 4.78 is 27.7. The number of amides is 1. The molecule has 1 amide bonds. The minimum Gasteiger partial charge on any atom is -0.333 e. The van der Waals surface area contributed by atoms with Crippen molar-refractivity contribution in [3.05, 3.63) is 34.9 Å². The first kappa shape index (κ1) is 13.9. The van der Waals surface area contributed by atoms with E-state index in [1.807, 2.05) is 13.8 Å². The third-order valence-electron chi connectivity index (χ3n) is 3.52. The Hall–Kier alpha value is -1.49. The SMILES string of the molecule is Cc1ccc(F)c(C(=O)N2CC(C)NCC2C)c1F. The van der Waals surface area contributed by atoms with E-state index in [1.54, 1.807) is 0 Å². The van der Waals surface area contributed by atoms with Crippen LogP contribution in [0, 0.1) is 18.6 Å². The Bertz CT molecular complexity index is 504. The lowest BCUT2D eigenvalue weighted by Crippen LogP contribution is -2.56. The maximum Gasteiger partial charge on any atom is 0.260 e. The molecule has 1 aliphatic heterocycles. The molecule has 0 radical (unpaired) electrons. The molecule has 1 heterocycles. The molecule has 5 heteroatoms. The summed E-state index contributed by atoms with van der Waals surface area (Å²) in [4.78, 5) is 13.9. The lowest BCUT2D eigenvalue weighted by molar-refractivity contribution is 0.0606. The molecule has 0 aromatic heterocycles. The molecule has 3 nitrogen and oxygen atoms in total. The molecule has 2 atom stereocenters. The fraction of sp³-hybridized carbons (Fsp3) is 0.500. The summed E-state index contributed by atoms with van der Waals surface area (Å²) in [6, 6.07) is 2.52. The zero-order valence-corrected chi connectivity index (χ0v) is 11.3. The molecular weight excluding hydrogens is 250 g/mol. The normalized spacial score (nSPS) is 23.5. The van der Waals surface area contributed by atoms with E-state index in [1.165, 1.54) is 17.9 Å².